The van der Waals surface area contributed by atoms with Crippen LogP contribution in [0.5, 0.6) is 0 Å². The van der Waals surface area contributed by atoms with E-state index in [1.165, 1.54) is 0 Å². The van der Waals surface area contributed by atoms with Crippen molar-refractivity contribution in [3.63, 3.8) is 0 Å². The summed E-state index contributed by atoms with van der Waals surface area (Å²) < 4.78 is 5.66. The van der Waals surface area contributed by atoms with Crippen molar-refractivity contribution < 1.29 is 9.53 Å². The topological polar surface area (TPSA) is 73.9 Å². The zero-order valence-electron chi connectivity index (χ0n) is 14.9. The predicted molar refractivity (Wildman–Crippen MR) is 99.7 cm³/mol. The van der Waals surface area contributed by atoms with Crippen LogP contribution in [0.4, 0.5) is 0 Å². The number of hydrogen-bond donors (Lipinski definition) is 1. The van der Waals surface area contributed by atoms with Gasteiger partial charge in [-0.25, -0.2) is 0 Å². The number of carbonyl (C=O) groups is 1. The predicted octanol–water partition coefficient (Wildman–Crippen LogP) is 4.71. The average molecular weight is 344 g/mol. The second-order valence-corrected chi connectivity index (χ2v) is 7.94. The minimum atomic E-state index is -0.778. The van der Waals surface area contributed by atoms with Crippen LogP contribution in [0.3, 0.4) is 0 Å². The molecule has 2 atom stereocenters. The molecular weight excluding hydrogens is 324 g/mol. The van der Waals surface area contributed by atoms with Crippen LogP contribution in [0.2, 0.25) is 0 Å². The van der Waals surface area contributed by atoms with Gasteiger partial charge in [0.15, 0.2) is 5.78 Å². The monoisotopic (exact) mass is 344 g/mol. The summed E-state index contributed by atoms with van der Waals surface area (Å²) in [5.41, 5.74) is 1.29. The third-order valence-corrected chi connectivity index (χ3v) is 5.31. The molecule has 0 saturated carbocycles. The van der Waals surface area contributed by atoms with E-state index in [4.69, 9.17) is 10.1 Å². The summed E-state index contributed by atoms with van der Waals surface area (Å²) in [5, 5.41) is 20.1. The third-order valence-electron chi connectivity index (χ3n) is 5.31. The van der Waals surface area contributed by atoms with Gasteiger partial charge in [-0.3, -0.25) is 10.2 Å². The Morgan fingerprint density at radius 3 is 2.62 bits per heavy atom. The van der Waals surface area contributed by atoms with E-state index in [-0.39, 0.29) is 17.1 Å². The SMILES string of the molecule is CC1(C)CC(=O)C2=C(C1)OC(=N)C(C#N)C2c1ccc2ccccc2c1. The standard InChI is InChI=1S/C22H20N2O2/c1-22(2)10-17(25)20-18(11-22)26-21(24)16(12-23)19(20)15-8-7-13-5-3-4-6-14(13)9-15/h3-9,16,19,24H,10-11H2,1-2H3. The average Bonchev–Trinajstić information content (AvgIpc) is 2.59. The summed E-state index contributed by atoms with van der Waals surface area (Å²) in [6.45, 7) is 4.06. The van der Waals surface area contributed by atoms with Crippen LogP contribution >= 0.6 is 0 Å². The molecule has 0 radical (unpaired) electrons. The van der Waals surface area contributed by atoms with E-state index in [1.807, 2.05) is 56.3 Å². The Morgan fingerprint density at radius 2 is 1.88 bits per heavy atom. The lowest BCUT2D eigenvalue weighted by Crippen LogP contribution is -2.38. The molecule has 1 N–H and O–H groups in total. The van der Waals surface area contributed by atoms with Gasteiger partial charge in [0, 0.05) is 24.3 Å². The number of ether oxygens (including phenoxy) is 1. The molecule has 1 heterocycles. The second-order valence-electron chi connectivity index (χ2n) is 7.94. The Kier molecular flexibility index (Phi) is 3.69. The van der Waals surface area contributed by atoms with Crippen molar-refractivity contribution in [2.24, 2.45) is 11.3 Å². The smallest absolute Gasteiger partial charge is 0.205 e. The molecule has 0 aromatic heterocycles. The highest BCUT2D eigenvalue weighted by Gasteiger charge is 2.46. The Bertz CT molecular complexity index is 1010. The summed E-state index contributed by atoms with van der Waals surface area (Å²) >= 11 is 0. The first-order valence-electron chi connectivity index (χ1n) is 8.80. The number of benzene rings is 2. The molecule has 2 aromatic carbocycles. The maximum Gasteiger partial charge on any atom is 0.205 e. The summed E-state index contributed by atoms with van der Waals surface area (Å²) in [7, 11) is 0. The molecule has 0 bridgehead atoms. The van der Waals surface area contributed by atoms with Crippen molar-refractivity contribution in [1.29, 1.82) is 10.7 Å². The lowest BCUT2D eigenvalue weighted by atomic mass is 9.68. The van der Waals surface area contributed by atoms with Crippen LogP contribution < -0.4 is 0 Å². The van der Waals surface area contributed by atoms with Crippen LogP contribution in [0, 0.1) is 28.1 Å². The Labute approximate surface area is 152 Å². The van der Waals surface area contributed by atoms with Crippen LogP contribution in [0.25, 0.3) is 10.8 Å². The van der Waals surface area contributed by atoms with Crippen LogP contribution in [-0.2, 0) is 9.53 Å². The van der Waals surface area contributed by atoms with E-state index in [0.717, 1.165) is 16.3 Å². The Morgan fingerprint density at radius 1 is 1.15 bits per heavy atom. The summed E-state index contributed by atoms with van der Waals surface area (Å²) in [6, 6.07) is 16.2. The largest absolute Gasteiger partial charge is 0.446 e. The molecule has 1 aliphatic carbocycles. The summed E-state index contributed by atoms with van der Waals surface area (Å²) in [4.78, 5) is 12.9. The number of ketones is 1. The van der Waals surface area contributed by atoms with E-state index in [2.05, 4.69) is 6.07 Å². The first kappa shape index (κ1) is 16.5. The Balaban J connectivity index is 1.91. The van der Waals surface area contributed by atoms with E-state index in [0.29, 0.717) is 24.2 Å². The highest BCUT2D eigenvalue weighted by Crippen LogP contribution is 2.48. The first-order chi connectivity index (χ1) is 12.4. The number of rotatable bonds is 1. The van der Waals surface area contributed by atoms with Gasteiger partial charge in [-0.15, -0.1) is 0 Å². The number of fused-ring (bicyclic) bond motifs is 1. The lowest BCUT2D eigenvalue weighted by Gasteiger charge is -2.39. The Hall–Kier alpha value is -2.93. The van der Waals surface area contributed by atoms with Crippen molar-refractivity contribution in [1.82, 2.24) is 0 Å². The van der Waals surface area contributed by atoms with Crippen molar-refractivity contribution in [2.45, 2.75) is 32.6 Å². The molecule has 4 heteroatoms. The highest BCUT2D eigenvalue weighted by atomic mass is 16.5. The highest BCUT2D eigenvalue weighted by molar-refractivity contribution is 6.02. The third kappa shape index (κ3) is 2.61. The summed E-state index contributed by atoms with van der Waals surface area (Å²) in [5.74, 6) is -0.678. The first-order valence-corrected chi connectivity index (χ1v) is 8.80. The van der Waals surface area contributed by atoms with Gasteiger partial charge in [-0.05, 0) is 21.8 Å². The minimum absolute atomic E-state index is 0.0298. The van der Waals surface area contributed by atoms with E-state index >= 15 is 0 Å². The van der Waals surface area contributed by atoms with Gasteiger partial charge >= 0.3 is 0 Å². The normalized spacial score (nSPS) is 24.8. The van der Waals surface area contributed by atoms with Crippen LogP contribution in [0.15, 0.2) is 53.8 Å². The van der Waals surface area contributed by atoms with Crippen molar-refractivity contribution in [3.8, 4) is 6.07 Å². The molecule has 0 fully saturated rings. The number of allylic oxidation sites excluding steroid dienone is 2. The molecule has 0 spiro atoms. The molecule has 2 unspecified atom stereocenters. The van der Waals surface area contributed by atoms with E-state index < -0.39 is 11.8 Å². The van der Waals surface area contributed by atoms with Crippen molar-refractivity contribution >= 4 is 22.5 Å². The molecule has 0 amide bonds. The van der Waals surface area contributed by atoms with Gasteiger partial charge in [0.2, 0.25) is 5.90 Å². The molecular formula is C22H20N2O2. The van der Waals surface area contributed by atoms with Gasteiger partial charge in [-0.2, -0.15) is 5.26 Å². The van der Waals surface area contributed by atoms with Gasteiger partial charge in [0.25, 0.3) is 0 Å². The molecule has 2 aromatic rings. The van der Waals surface area contributed by atoms with Crippen molar-refractivity contribution in [3.05, 3.63) is 59.4 Å². The molecule has 1 aliphatic heterocycles. The maximum absolute atomic E-state index is 12.9. The number of nitriles is 1. The van der Waals surface area contributed by atoms with E-state index in [1.54, 1.807) is 0 Å². The zero-order valence-corrected chi connectivity index (χ0v) is 14.9. The number of carbonyl (C=O) groups excluding carboxylic acids is 1. The molecule has 2 aliphatic rings. The molecule has 130 valence electrons. The van der Waals surface area contributed by atoms with Crippen LogP contribution in [-0.4, -0.2) is 11.7 Å². The minimum Gasteiger partial charge on any atom is -0.446 e. The van der Waals surface area contributed by atoms with Gasteiger partial charge in [0.05, 0.1) is 6.07 Å². The molecule has 4 nitrogen and oxygen atoms in total. The van der Waals surface area contributed by atoms with Gasteiger partial charge < -0.3 is 4.74 Å². The molecule has 4 rings (SSSR count). The fraction of sp³-hybridized carbons (Fsp3) is 0.318. The summed E-state index contributed by atoms with van der Waals surface area (Å²) in [6.07, 6.45) is 1.05. The number of Topliss-reactive ketones (excluding diaryl/α,β-unsaturated/α-hetero) is 1. The van der Waals surface area contributed by atoms with Gasteiger partial charge in [-0.1, -0.05) is 56.3 Å². The van der Waals surface area contributed by atoms with E-state index in [9.17, 15) is 10.1 Å². The fourth-order valence-corrected chi connectivity index (χ4v) is 4.12. The molecule has 26 heavy (non-hydrogen) atoms. The quantitative estimate of drug-likeness (QED) is 0.814. The number of nitrogens with one attached hydrogen (secondary N) is 1. The number of nitrogens with zero attached hydrogens (tertiary/aromatic N) is 1. The van der Waals surface area contributed by atoms with Gasteiger partial charge in [0.1, 0.15) is 11.7 Å². The van der Waals surface area contributed by atoms with Crippen LogP contribution in [0.1, 0.15) is 38.2 Å². The number of hydrogen-bond acceptors (Lipinski definition) is 4. The molecule has 0 saturated heterocycles. The zero-order chi connectivity index (χ0) is 18.5. The van der Waals surface area contributed by atoms with Crippen molar-refractivity contribution in [2.75, 3.05) is 0 Å². The lowest BCUT2D eigenvalue weighted by molar-refractivity contribution is -0.119. The second kappa shape index (κ2) is 5.81. The maximum atomic E-state index is 12.9. The fourth-order valence-electron chi connectivity index (χ4n) is 4.12.